The lowest BCUT2D eigenvalue weighted by Gasteiger charge is -2.21. The van der Waals surface area contributed by atoms with Crippen molar-refractivity contribution in [3.8, 4) is 5.75 Å². The van der Waals surface area contributed by atoms with Crippen molar-refractivity contribution in [1.82, 2.24) is 5.32 Å². The van der Waals surface area contributed by atoms with Crippen molar-refractivity contribution in [3.05, 3.63) is 29.3 Å². The molecule has 0 radical (unpaired) electrons. The van der Waals surface area contributed by atoms with Crippen molar-refractivity contribution in [2.75, 3.05) is 7.11 Å². The minimum Gasteiger partial charge on any atom is -0.496 e. The van der Waals surface area contributed by atoms with Gasteiger partial charge in [0.25, 0.3) is 0 Å². The molecule has 0 saturated heterocycles. The number of ether oxygens (including phenoxy) is 1. The fraction of sp³-hybridized carbons (Fsp3) is 0.647. The van der Waals surface area contributed by atoms with E-state index in [1.807, 2.05) is 11.8 Å². The van der Waals surface area contributed by atoms with E-state index in [1.165, 1.54) is 17.5 Å². The van der Waals surface area contributed by atoms with E-state index in [2.05, 4.69) is 58.1 Å². The Balaban J connectivity index is 2.74. The van der Waals surface area contributed by atoms with Gasteiger partial charge in [-0.15, -0.1) is 0 Å². The number of thioether (sulfide) groups is 1. The van der Waals surface area contributed by atoms with Crippen LogP contribution in [0.2, 0.25) is 0 Å². The Labute approximate surface area is 128 Å². The van der Waals surface area contributed by atoms with E-state index in [0.29, 0.717) is 5.25 Å². The summed E-state index contributed by atoms with van der Waals surface area (Å²) in [6.07, 6.45) is 1.21. The number of nitrogens with one attached hydrogen (secondary N) is 1. The largest absolute Gasteiger partial charge is 0.496 e. The topological polar surface area (TPSA) is 21.3 Å². The lowest BCUT2D eigenvalue weighted by Crippen LogP contribution is -2.35. The Morgan fingerprint density at radius 2 is 2.00 bits per heavy atom. The molecule has 0 aromatic heterocycles. The number of hydrogen-bond acceptors (Lipinski definition) is 3. The maximum atomic E-state index is 5.48. The van der Waals surface area contributed by atoms with Gasteiger partial charge >= 0.3 is 0 Å². The zero-order chi connectivity index (χ0) is 15.2. The minimum atomic E-state index is 0.144. The Morgan fingerprint density at radius 1 is 1.30 bits per heavy atom. The van der Waals surface area contributed by atoms with E-state index in [4.69, 9.17) is 4.74 Å². The Morgan fingerprint density at radius 3 is 2.55 bits per heavy atom. The van der Waals surface area contributed by atoms with Crippen molar-refractivity contribution in [2.45, 2.75) is 64.1 Å². The average molecular weight is 295 g/mol. The van der Waals surface area contributed by atoms with Crippen LogP contribution in [-0.4, -0.2) is 17.9 Å². The number of hydrogen-bond donors (Lipinski definition) is 1. The normalized spacial score (nSPS) is 13.3. The lowest BCUT2D eigenvalue weighted by molar-refractivity contribution is 0.409. The molecule has 3 heteroatoms. The summed E-state index contributed by atoms with van der Waals surface area (Å²) in [5.41, 5.74) is 2.76. The molecule has 0 saturated carbocycles. The van der Waals surface area contributed by atoms with E-state index in [9.17, 15) is 0 Å². The molecular formula is C17H29NOS. The molecule has 114 valence electrons. The molecule has 0 amide bonds. The van der Waals surface area contributed by atoms with E-state index < -0.39 is 0 Å². The fourth-order valence-electron chi connectivity index (χ4n) is 1.77. The zero-order valence-electron chi connectivity index (χ0n) is 13.7. The van der Waals surface area contributed by atoms with Crippen molar-refractivity contribution in [1.29, 1.82) is 0 Å². The third-order valence-corrected chi connectivity index (χ3v) is 4.65. The molecule has 1 atom stereocenters. The van der Waals surface area contributed by atoms with Crippen LogP contribution in [0.4, 0.5) is 0 Å². The van der Waals surface area contributed by atoms with Crippen LogP contribution in [-0.2, 0) is 12.3 Å². The summed E-state index contributed by atoms with van der Waals surface area (Å²) in [4.78, 5) is 0. The third-order valence-electron chi connectivity index (χ3n) is 3.27. The van der Waals surface area contributed by atoms with Crippen LogP contribution in [0.15, 0.2) is 18.2 Å². The Kier molecular flexibility index (Phi) is 6.90. The van der Waals surface area contributed by atoms with E-state index >= 15 is 0 Å². The van der Waals surface area contributed by atoms with E-state index in [1.54, 1.807) is 7.11 Å². The van der Waals surface area contributed by atoms with Gasteiger partial charge in [-0.05, 0) is 44.9 Å². The predicted octanol–water partition coefficient (Wildman–Crippen LogP) is 4.62. The summed E-state index contributed by atoms with van der Waals surface area (Å²) < 4.78 is 5.48. The first-order valence-electron chi connectivity index (χ1n) is 7.38. The molecule has 0 aliphatic rings. The fourth-order valence-corrected chi connectivity index (χ4v) is 2.70. The molecule has 0 spiro atoms. The van der Waals surface area contributed by atoms with Crippen LogP contribution in [0.25, 0.3) is 0 Å². The molecule has 1 aromatic carbocycles. The highest BCUT2D eigenvalue weighted by Gasteiger charge is 2.11. The van der Waals surface area contributed by atoms with Gasteiger partial charge in [-0.25, -0.2) is 0 Å². The molecule has 2 nitrogen and oxygen atoms in total. The van der Waals surface area contributed by atoms with Crippen molar-refractivity contribution in [2.24, 2.45) is 0 Å². The first-order chi connectivity index (χ1) is 9.35. The van der Waals surface area contributed by atoms with Crippen LogP contribution in [0, 0.1) is 0 Å². The second-order valence-electron chi connectivity index (χ2n) is 6.28. The van der Waals surface area contributed by atoms with Crippen LogP contribution in [0.5, 0.6) is 5.75 Å². The Hall–Kier alpha value is -0.670. The molecule has 1 unspecified atom stereocenters. The van der Waals surface area contributed by atoms with Crippen molar-refractivity contribution in [3.63, 3.8) is 0 Å². The monoisotopic (exact) mass is 295 g/mol. The summed E-state index contributed by atoms with van der Waals surface area (Å²) in [6.45, 7) is 12.0. The second-order valence-corrected chi connectivity index (χ2v) is 7.71. The van der Waals surface area contributed by atoms with Crippen LogP contribution < -0.4 is 10.1 Å². The summed E-state index contributed by atoms with van der Waals surface area (Å²) in [5, 5.41) is 4.22. The maximum absolute atomic E-state index is 5.48. The van der Waals surface area contributed by atoms with Crippen molar-refractivity contribution >= 4 is 11.8 Å². The standard InChI is InChI=1S/C17H29NOS/c1-7-13(2)20-12-15-10-14(8-9-16(15)19-6)11-18-17(3,4)5/h8-10,13,18H,7,11-12H2,1-6H3. The van der Waals surface area contributed by atoms with Gasteiger partial charge in [0.1, 0.15) is 5.75 Å². The maximum Gasteiger partial charge on any atom is 0.122 e. The van der Waals surface area contributed by atoms with Gasteiger partial charge in [0, 0.05) is 28.6 Å². The molecule has 1 N–H and O–H groups in total. The predicted molar refractivity (Wildman–Crippen MR) is 90.6 cm³/mol. The highest BCUT2D eigenvalue weighted by atomic mass is 32.2. The van der Waals surface area contributed by atoms with Gasteiger partial charge in [0.2, 0.25) is 0 Å². The third kappa shape index (κ3) is 6.19. The SMILES string of the molecule is CCC(C)SCc1cc(CNC(C)(C)C)ccc1OC. The number of benzene rings is 1. The van der Waals surface area contributed by atoms with Gasteiger partial charge in [0.05, 0.1) is 7.11 Å². The summed E-state index contributed by atoms with van der Waals surface area (Å²) in [7, 11) is 1.75. The van der Waals surface area contributed by atoms with E-state index in [-0.39, 0.29) is 5.54 Å². The van der Waals surface area contributed by atoms with Gasteiger partial charge < -0.3 is 10.1 Å². The van der Waals surface area contributed by atoms with Gasteiger partial charge in [-0.3, -0.25) is 0 Å². The van der Waals surface area contributed by atoms with Crippen molar-refractivity contribution < 1.29 is 4.74 Å². The van der Waals surface area contributed by atoms with Crippen LogP contribution in [0.3, 0.4) is 0 Å². The summed E-state index contributed by atoms with van der Waals surface area (Å²) in [5.74, 6) is 2.02. The van der Waals surface area contributed by atoms with Crippen LogP contribution >= 0.6 is 11.8 Å². The first-order valence-corrected chi connectivity index (χ1v) is 8.43. The summed E-state index contributed by atoms with van der Waals surface area (Å²) in [6, 6.07) is 6.51. The van der Waals surface area contributed by atoms with Gasteiger partial charge in [0.15, 0.2) is 0 Å². The van der Waals surface area contributed by atoms with Crippen LogP contribution in [0.1, 0.15) is 52.2 Å². The highest BCUT2D eigenvalue weighted by molar-refractivity contribution is 7.99. The molecule has 1 aromatic rings. The zero-order valence-corrected chi connectivity index (χ0v) is 14.6. The highest BCUT2D eigenvalue weighted by Crippen LogP contribution is 2.27. The second kappa shape index (κ2) is 7.94. The Bertz CT molecular complexity index is 412. The molecule has 0 aliphatic heterocycles. The average Bonchev–Trinajstić information content (AvgIpc) is 2.41. The summed E-state index contributed by atoms with van der Waals surface area (Å²) >= 11 is 1.99. The number of methoxy groups -OCH3 is 1. The van der Waals surface area contributed by atoms with E-state index in [0.717, 1.165) is 18.0 Å². The molecule has 0 heterocycles. The lowest BCUT2D eigenvalue weighted by atomic mass is 10.1. The smallest absolute Gasteiger partial charge is 0.122 e. The number of rotatable bonds is 7. The minimum absolute atomic E-state index is 0.144. The molecular weight excluding hydrogens is 266 g/mol. The molecule has 0 aliphatic carbocycles. The first kappa shape index (κ1) is 17.4. The quantitative estimate of drug-likeness (QED) is 0.793. The molecule has 0 fully saturated rings. The van der Waals surface area contributed by atoms with Gasteiger partial charge in [-0.1, -0.05) is 19.9 Å². The molecule has 0 bridgehead atoms. The van der Waals surface area contributed by atoms with Gasteiger partial charge in [-0.2, -0.15) is 11.8 Å². The molecule has 20 heavy (non-hydrogen) atoms. The molecule has 1 rings (SSSR count).